The zero-order chi connectivity index (χ0) is 26.3. The zero-order valence-electron chi connectivity index (χ0n) is 21.5. The highest BCUT2D eigenvalue weighted by Crippen LogP contribution is 2.50. The summed E-state index contributed by atoms with van der Waals surface area (Å²) in [5, 5.41) is 0. The molecule has 3 aliphatic heterocycles. The van der Waals surface area contributed by atoms with Crippen LogP contribution in [0.3, 0.4) is 0 Å². The van der Waals surface area contributed by atoms with E-state index in [1.54, 1.807) is 18.2 Å². The fourth-order valence-corrected chi connectivity index (χ4v) is 7.52. The average molecular weight is 527 g/mol. The van der Waals surface area contributed by atoms with Crippen molar-refractivity contribution in [2.45, 2.75) is 54.1 Å². The molecule has 3 aromatic rings. The van der Waals surface area contributed by atoms with Crippen LogP contribution in [-0.2, 0) is 19.7 Å². The molecule has 2 unspecified atom stereocenters. The first-order valence-corrected chi connectivity index (χ1v) is 14.0. The lowest BCUT2D eigenvalue weighted by atomic mass is 9.79. The molecule has 0 N–H and O–H groups in total. The molecule has 3 aromatic carbocycles. The van der Waals surface area contributed by atoms with Crippen molar-refractivity contribution in [3.63, 3.8) is 0 Å². The summed E-state index contributed by atoms with van der Waals surface area (Å²) in [6.45, 7) is 2.64. The van der Waals surface area contributed by atoms with Crippen LogP contribution in [-0.4, -0.2) is 54.9 Å². The van der Waals surface area contributed by atoms with Crippen molar-refractivity contribution in [3.05, 3.63) is 101 Å². The van der Waals surface area contributed by atoms with Gasteiger partial charge in [0.1, 0.15) is 11.0 Å². The molecule has 2 fully saturated rings. The summed E-state index contributed by atoms with van der Waals surface area (Å²) >= 11 is 1.51. The Bertz CT molecular complexity index is 1300. The second-order valence-electron chi connectivity index (χ2n) is 10.1. The number of rotatable bonds is 6. The maximum atomic E-state index is 12.8. The molecule has 38 heavy (non-hydrogen) atoms. The number of Topliss-reactive ketones (excluding diaryl/α,β-unsaturated/α-hetero) is 1. The number of ketones is 1. The van der Waals surface area contributed by atoms with Crippen LogP contribution in [0.25, 0.3) is 0 Å². The average Bonchev–Trinajstić information content (AvgIpc) is 3.52. The van der Waals surface area contributed by atoms with E-state index < -0.39 is 11.6 Å². The van der Waals surface area contributed by atoms with E-state index in [2.05, 4.69) is 60.2 Å². The molecule has 6 nitrogen and oxygen atoms in total. The van der Waals surface area contributed by atoms with E-state index in [4.69, 9.17) is 14.1 Å². The lowest BCUT2D eigenvalue weighted by molar-refractivity contribution is 0.0590. The first-order valence-electron chi connectivity index (χ1n) is 13.1. The summed E-state index contributed by atoms with van der Waals surface area (Å²) < 4.78 is 18.1. The predicted octanol–water partition coefficient (Wildman–Crippen LogP) is 5.42. The minimum Gasteiger partial charge on any atom is -0.465 e. The molecule has 0 amide bonds. The fourth-order valence-electron chi connectivity index (χ4n) is 6.35. The summed E-state index contributed by atoms with van der Waals surface area (Å²) in [6, 6.07) is 26.5. The molecule has 2 saturated heterocycles. The Hall–Kier alpha value is -2.91. The lowest BCUT2D eigenvalue weighted by Gasteiger charge is -2.36. The van der Waals surface area contributed by atoms with Crippen molar-refractivity contribution in [2.24, 2.45) is 0 Å². The van der Waals surface area contributed by atoms with Crippen LogP contribution in [0, 0.1) is 0 Å². The number of benzene rings is 3. The molecule has 0 aromatic heterocycles. The highest BCUT2D eigenvalue weighted by molar-refractivity contribution is 8.00. The standard InChI is InChI=1S/C30H30BNO5S/c1-31-32-23(19-36-28-18-25(33)24-15-13-20(29(34)35-2)17-26(24)38-28)14-16-27(32)30(37-31,21-9-5-3-6-10-21)22-11-7-4-8-12-22/h3-13,15,17,23,27-28H,14,16,18-19H2,1-2H3/t23?,27?,28-/m0/s1. The summed E-state index contributed by atoms with van der Waals surface area (Å²) in [4.78, 5) is 28.1. The van der Waals surface area contributed by atoms with Crippen LogP contribution in [0.5, 0.6) is 0 Å². The van der Waals surface area contributed by atoms with Gasteiger partial charge >= 0.3 is 13.0 Å². The van der Waals surface area contributed by atoms with Gasteiger partial charge in [0, 0.05) is 29.0 Å². The van der Waals surface area contributed by atoms with Crippen molar-refractivity contribution in [1.82, 2.24) is 4.81 Å². The molecule has 0 aliphatic carbocycles. The van der Waals surface area contributed by atoms with E-state index >= 15 is 0 Å². The molecule has 3 atom stereocenters. The number of hydrogen-bond acceptors (Lipinski definition) is 7. The molecule has 6 rings (SSSR count). The van der Waals surface area contributed by atoms with E-state index in [0.717, 1.165) is 17.7 Å². The molecule has 8 heteroatoms. The molecule has 3 heterocycles. The van der Waals surface area contributed by atoms with Crippen LogP contribution in [0.4, 0.5) is 0 Å². The van der Waals surface area contributed by atoms with Crippen molar-refractivity contribution < 1.29 is 23.7 Å². The topological polar surface area (TPSA) is 65.1 Å². The second kappa shape index (κ2) is 10.3. The Morgan fingerprint density at radius 2 is 1.74 bits per heavy atom. The number of methoxy groups -OCH3 is 1. The third-order valence-corrected chi connectivity index (χ3v) is 9.15. The maximum Gasteiger partial charge on any atom is 0.380 e. The lowest BCUT2D eigenvalue weighted by Crippen LogP contribution is -2.45. The molecule has 0 bridgehead atoms. The van der Waals surface area contributed by atoms with Gasteiger partial charge < -0.3 is 18.9 Å². The highest BCUT2D eigenvalue weighted by atomic mass is 32.2. The predicted molar refractivity (Wildman–Crippen MR) is 147 cm³/mol. The van der Waals surface area contributed by atoms with Gasteiger partial charge in [0.05, 0.1) is 19.3 Å². The van der Waals surface area contributed by atoms with Crippen LogP contribution in [0.15, 0.2) is 83.8 Å². The molecule has 3 aliphatic rings. The summed E-state index contributed by atoms with van der Waals surface area (Å²) in [5.74, 6) is -0.376. The minimum absolute atomic E-state index is 0.0366. The Morgan fingerprint density at radius 1 is 1.05 bits per heavy atom. The molecule has 0 spiro atoms. The normalized spacial score (nSPS) is 24.2. The number of thioether (sulfide) groups is 1. The number of carbonyl (C=O) groups is 2. The van der Waals surface area contributed by atoms with E-state index in [0.29, 0.717) is 24.2 Å². The van der Waals surface area contributed by atoms with Gasteiger partial charge in [-0.1, -0.05) is 72.4 Å². The zero-order valence-corrected chi connectivity index (χ0v) is 22.4. The second-order valence-corrected chi connectivity index (χ2v) is 11.3. The molecule has 0 saturated carbocycles. The summed E-state index contributed by atoms with van der Waals surface area (Å²) in [6.07, 6.45) is 2.30. The van der Waals surface area contributed by atoms with Gasteiger partial charge in [-0.05, 0) is 49.0 Å². The number of ether oxygens (including phenoxy) is 2. The van der Waals surface area contributed by atoms with Gasteiger partial charge in [-0.15, -0.1) is 0 Å². The van der Waals surface area contributed by atoms with Crippen LogP contribution in [0.2, 0.25) is 6.82 Å². The number of fused-ring (bicyclic) bond motifs is 2. The molecular formula is C30H30BNO5S. The third kappa shape index (κ3) is 4.29. The van der Waals surface area contributed by atoms with Gasteiger partial charge in [0.25, 0.3) is 0 Å². The van der Waals surface area contributed by atoms with Crippen molar-refractivity contribution in [3.8, 4) is 0 Å². The minimum atomic E-state index is -0.546. The Balaban J connectivity index is 1.21. The SMILES string of the molecule is COC(=O)c1ccc2c(c1)S[C@H](OCC1CCC3N1B(C)OC3(c1ccccc1)c1ccccc1)CC2=O. The van der Waals surface area contributed by atoms with Crippen LogP contribution < -0.4 is 0 Å². The first-order chi connectivity index (χ1) is 18.5. The summed E-state index contributed by atoms with van der Waals surface area (Å²) in [5.41, 5.74) is 2.56. The maximum absolute atomic E-state index is 12.8. The van der Waals surface area contributed by atoms with E-state index in [1.165, 1.54) is 30.0 Å². The molecule has 0 radical (unpaired) electrons. The monoisotopic (exact) mass is 527 g/mol. The van der Waals surface area contributed by atoms with Gasteiger partial charge in [0.2, 0.25) is 0 Å². The number of hydrogen-bond donors (Lipinski definition) is 0. The highest BCUT2D eigenvalue weighted by Gasteiger charge is 2.59. The number of nitrogens with zero attached hydrogens (tertiary/aromatic N) is 1. The number of esters is 1. The smallest absolute Gasteiger partial charge is 0.380 e. The van der Waals surface area contributed by atoms with Crippen LogP contribution in [0.1, 0.15) is 51.1 Å². The Kier molecular flexibility index (Phi) is 6.91. The quantitative estimate of drug-likeness (QED) is 0.313. The molecule has 194 valence electrons. The summed E-state index contributed by atoms with van der Waals surface area (Å²) in [7, 11) is 1.27. The van der Waals surface area contributed by atoms with Crippen molar-refractivity contribution in [1.29, 1.82) is 0 Å². The van der Waals surface area contributed by atoms with Gasteiger partial charge in [-0.2, -0.15) is 0 Å². The Morgan fingerprint density at radius 3 is 2.39 bits per heavy atom. The van der Waals surface area contributed by atoms with Gasteiger partial charge in [-0.3, -0.25) is 4.79 Å². The van der Waals surface area contributed by atoms with Gasteiger partial charge in [-0.25, -0.2) is 4.79 Å². The number of carbonyl (C=O) groups excluding carboxylic acids is 2. The van der Waals surface area contributed by atoms with E-state index in [9.17, 15) is 9.59 Å². The first kappa shape index (κ1) is 25.4. The van der Waals surface area contributed by atoms with E-state index in [-0.39, 0.29) is 30.4 Å². The van der Waals surface area contributed by atoms with E-state index in [1.807, 2.05) is 12.1 Å². The third-order valence-electron chi connectivity index (χ3n) is 7.99. The van der Waals surface area contributed by atoms with Crippen molar-refractivity contribution in [2.75, 3.05) is 13.7 Å². The molecular weight excluding hydrogens is 497 g/mol. The largest absolute Gasteiger partial charge is 0.465 e. The van der Waals surface area contributed by atoms with Gasteiger partial charge in [0.15, 0.2) is 5.78 Å². The fraction of sp³-hybridized carbons (Fsp3) is 0.333. The van der Waals surface area contributed by atoms with Crippen molar-refractivity contribution >= 4 is 30.6 Å². The Labute approximate surface area is 227 Å². The van der Waals surface area contributed by atoms with Crippen LogP contribution >= 0.6 is 11.8 Å².